The van der Waals surface area contributed by atoms with Gasteiger partial charge in [-0.3, -0.25) is 5.41 Å². The molecular formula is C8H15ClN2O. The molecule has 2 N–H and O–H groups in total. The molecule has 0 fully saturated rings. The topological polar surface area (TPSA) is 45.1 Å². The number of nitrogens with one attached hydrogen (secondary N) is 2. The largest absolute Gasteiger partial charge is 0.481 e. The second-order valence-electron chi connectivity index (χ2n) is 2.85. The number of methoxy groups -OCH3 is 1. The van der Waals surface area contributed by atoms with E-state index in [1.165, 1.54) is 7.11 Å². The summed E-state index contributed by atoms with van der Waals surface area (Å²) in [5, 5.41) is 10.3. The molecule has 0 radical (unpaired) electrons. The van der Waals surface area contributed by atoms with Crippen LogP contribution in [0.2, 0.25) is 0 Å². The van der Waals surface area contributed by atoms with Gasteiger partial charge in [0.1, 0.15) is 0 Å². The van der Waals surface area contributed by atoms with Crippen LogP contribution in [-0.4, -0.2) is 24.9 Å². The number of halogens is 1. The summed E-state index contributed by atoms with van der Waals surface area (Å²) in [6.45, 7) is 3.62. The SMILES string of the molecule is CN/C=C(/C(=N)OC)C(C)(C)Cl. The monoisotopic (exact) mass is 190 g/mol. The molecule has 0 aromatic carbocycles. The highest BCUT2D eigenvalue weighted by molar-refractivity contribution is 6.28. The number of rotatable bonds is 3. The fourth-order valence-electron chi connectivity index (χ4n) is 0.761. The summed E-state index contributed by atoms with van der Waals surface area (Å²) in [6, 6.07) is 0. The van der Waals surface area contributed by atoms with Gasteiger partial charge in [-0.2, -0.15) is 0 Å². The Morgan fingerprint density at radius 1 is 1.58 bits per heavy atom. The van der Waals surface area contributed by atoms with Gasteiger partial charge in [0.15, 0.2) is 0 Å². The lowest BCUT2D eigenvalue weighted by Gasteiger charge is -2.19. The summed E-state index contributed by atoms with van der Waals surface area (Å²) in [6.07, 6.45) is 1.67. The highest BCUT2D eigenvalue weighted by Gasteiger charge is 2.24. The lowest BCUT2D eigenvalue weighted by molar-refractivity contribution is 0.396. The Labute approximate surface area is 78.3 Å². The fourth-order valence-corrected chi connectivity index (χ4v) is 0.902. The third-order valence-electron chi connectivity index (χ3n) is 1.38. The van der Waals surface area contributed by atoms with Crippen LogP contribution in [0.5, 0.6) is 0 Å². The van der Waals surface area contributed by atoms with Gasteiger partial charge in [0.25, 0.3) is 0 Å². The number of alkyl halides is 1. The van der Waals surface area contributed by atoms with Crippen molar-refractivity contribution in [2.75, 3.05) is 14.2 Å². The summed E-state index contributed by atoms with van der Waals surface area (Å²) in [5.41, 5.74) is 0.633. The van der Waals surface area contributed by atoms with Crippen LogP contribution < -0.4 is 5.32 Å². The maximum atomic E-state index is 7.44. The molecule has 0 heterocycles. The molecule has 0 rings (SSSR count). The molecule has 4 heteroatoms. The van der Waals surface area contributed by atoms with E-state index in [0.717, 1.165) is 0 Å². The Morgan fingerprint density at radius 2 is 2.08 bits per heavy atom. The van der Waals surface area contributed by atoms with Crippen LogP contribution in [0.15, 0.2) is 11.8 Å². The first-order valence-corrected chi connectivity index (χ1v) is 4.01. The van der Waals surface area contributed by atoms with Crippen molar-refractivity contribution in [1.82, 2.24) is 5.32 Å². The molecule has 70 valence electrons. The van der Waals surface area contributed by atoms with Crippen LogP contribution in [0, 0.1) is 5.41 Å². The van der Waals surface area contributed by atoms with Crippen LogP contribution in [-0.2, 0) is 4.74 Å². The lowest BCUT2D eigenvalue weighted by Crippen LogP contribution is -2.24. The van der Waals surface area contributed by atoms with E-state index in [1.807, 2.05) is 13.8 Å². The third kappa shape index (κ3) is 3.13. The minimum atomic E-state index is -0.587. The van der Waals surface area contributed by atoms with Crippen molar-refractivity contribution in [3.05, 3.63) is 11.8 Å². The van der Waals surface area contributed by atoms with E-state index < -0.39 is 4.87 Å². The Balaban J connectivity index is 4.69. The zero-order valence-electron chi connectivity index (χ0n) is 7.86. The van der Waals surface area contributed by atoms with Crippen LogP contribution in [0.25, 0.3) is 0 Å². The van der Waals surface area contributed by atoms with Crippen molar-refractivity contribution in [3.8, 4) is 0 Å². The predicted octanol–water partition coefficient (Wildman–Crippen LogP) is 1.73. The van der Waals surface area contributed by atoms with E-state index in [1.54, 1.807) is 13.2 Å². The highest BCUT2D eigenvalue weighted by Crippen LogP contribution is 2.24. The molecule has 0 atom stereocenters. The summed E-state index contributed by atoms with van der Waals surface area (Å²) in [4.78, 5) is -0.587. The van der Waals surface area contributed by atoms with Crippen molar-refractivity contribution in [1.29, 1.82) is 5.41 Å². The summed E-state index contributed by atoms with van der Waals surface area (Å²) in [7, 11) is 3.21. The molecule has 12 heavy (non-hydrogen) atoms. The van der Waals surface area contributed by atoms with Gasteiger partial charge in [-0.05, 0) is 13.8 Å². The van der Waals surface area contributed by atoms with Crippen molar-refractivity contribution < 1.29 is 4.74 Å². The second kappa shape index (κ2) is 4.36. The van der Waals surface area contributed by atoms with Gasteiger partial charge in [0, 0.05) is 18.8 Å². The third-order valence-corrected chi connectivity index (χ3v) is 1.58. The summed E-state index contributed by atoms with van der Waals surface area (Å²) in [5.74, 6) is 0.0874. The van der Waals surface area contributed by atoms with Gasteiger partial charge in [0.2, 0.25) is 5.90 Å². The Morgan fingerprint density at radius 3 is 2.33 bits per heavy atom. The molecule has 0 bridgehead atoms. The molecule has 3 nitrogen and oxygen atoms in total. The zero-order valence-corrected chi connectivity index (χ0v) is 8.62. The van der Waals surface area contributed by atoms with Gasteiger partial charge in [-0.1, -0.05) is 0 Å². The lowest BCUT2D eigenvalue weighted by atomic mass is 10.0. The first kappa shape index (κ1) is 11.3. The average molecular weight is 191 g/mol. The highest BCUT2D eigenvalue weighted by atomic mass is 35.5. The molecule has 0 aromatic rings. The zero-order chi connectivity index (χ0) is 9.78. The molecule has 0 unspecified atom stereocenters. The molecule has 0 aliphatic carbocycles. The van der Waals surface area contributed by atoms with Gasteiger partial charge >= 0.3 is 0 Å². The molecule has 0 spiro atoms. The minimum absolute atomic E-state index is 0.0874. The fraction of sp³-hybridized carbons (Fsp3) is 0.625. The standard InChI is InChI=1S/C8H15ClN2O/c1-8(2,9)6(5-11-3)7(10)12-4/h5,10-11H,1-4H3/b6-5-,10-7?. The molecular weight excluding hydrogens is 176 g/mol. The van der Waals surface area contributed by atoms with Crippen molar-refractivity contribution in [3.63, 3.8) is 0 Å². The van der Waals surface area contributed by atoms with E-state index in [0.29, 0.717) is 5.57 Å². The van der Waals surface area contributed by atoms with Crippen LogP contribution in [0.1, 0.15) is 13.8 Å². The average Bonchev–Trinajstić information content (AvgIpc) is 1.96. The molecule has 0 aliphatic heterocycles. The normalized spacial score (nSPS) is 12.6. The van der Waals surface area contributed by atoms with Gasteiger partial charge < -0.3 is 10.1 Å². The van der Waals surface area contributed by atoms with Crippen LogP contribution in [0.4, 0.5) is 0 Å². The maximum absolute atomic E-state index is 7.44. The molecule has 0 amide bonds. The quantitative estimate of drug-likeness (QED) is 0.405. The summed E-state index contributed by atoms with van der Waals surface area (Å²) < 4.78 is 4.78. The van der Waals surface area contributed by atoms with Crippen LogP contribution in [0.3, 0.4) is 0 Å². The predicted molar refractivity (Wildman–Crippen MR) is 51.8 cm³/mol. The van der Waals surface area contributed by atoms with Gasteiger partial charge in [0.05, 0.1) is 12.0 Å². The first-order valence-electron chi connectivity index (χ1n) is 3.63. The molecule has 0 saturated heterocycles. The van der Waals surface area contributed by atoms with Crippen molar-refractivity contribution in [2.45, 2.75) is 18.7 Å². The van der Waals surface area contributed by atoms with Gasteiger partial charge in [-0.25, -0.2) is 0 Å². The Kier molecular flexibility index (Phi) is 4.10. The molecule has 0 aromatic heterocycles. The van der Waals surface area contributed by atoms with E-state index in [2.05, 4.69) is 5.32 Å². The van der Waals surface area contributed by atoms with Crippen molar-refractivity contribution >= 4 is 17.5 Å². The van der Waals surface area contributed by atoms with E-state index in [9.17, 15) is 0 Å². The minimum Gasteiger partial charge on any atom is -0.481 e. The van der Waals surface area contributed by atoms with Crippen LogP contribution >= 0.6 is 11.6 Å². The maximum Gasteiger partial charge on any atom is 0.212 e. The number of hydrogen-bond acceptors (Lipinski definition) is 3. The molecule has 0 aliphatic rings. The first-order chi connectivity index (χ1) is 5.43. The van der Waals surface area contributed by atoms with Crippen molar-refractivity contribution in [2.24, 2.45) is 0 Å². The Hall–Kier alpha value is -0.700. The smallest absolute Gasteiger partial charge is 0.212 e. The summed E-state index contributed by atoms with van der Waals surface area (Å²) >= 11 is 6.02. The number of ether oxygens (including phenoxy) is 1. The molecule has 0 saturated carbocycles. The number of hydrogen-bond donors (Lipinski definition) is 2. The Bertz CT molecular complexity index is 194. The van der Waals surface area contributed by atoms with Gasteiger partial charge in [-0.15, -0.1) is 11.6 Å². The second-order valence-corrected chi connectivity index (χ2v) is 3.80. The van der Waals surface area contributed by atoms with E-state index >= 15 is 0 Å². The van der Waals surface area contributed by atoms with E-state index in [-0.39, 0.29) is 5.90 Å². The van der Waals surface area contributed by atoms with E-state index in [4.69, 9.17) is 21.7 Å².